The average molecular weight is 245 g/mol. The largest absolute Gasteiger partial charge is 0.310 e. The van der Waals surface area contributed by atoms with Crippen LogP contribution in [0.1, 0.15) is 19.4 Å². The maximum atomic E-state index is 13.9. The first-order valence-corrected chi connectivity index (χ1v) is 5.95. The molecule has 1 aromatic heterocycles. The van der Waals surface area contributed by atoms with E-state index < -0.39 is 0 Å². The molecule has 0 bridgehead atoms. The van der Waals surface area contributed by atoms with Crippen LogP contribution in [0.3, 0.4) is 0 Å². The van der Waals surface area contributed by atoms with Crippen molar-refractivity contribution < 1.29 is 4.39 Å². The predicted octanol–water partition coefficient (Wildman–Crippen LogP) is 2.78. The summed E-state index contributed by atoms with van der Waals surface area (Å²) >= 11 is 0. The highest BCUT2D eigenvalue weighted by Gasteiger charge is 2.06. The van der Waals surface area contributed by atoms with Gasteiger partial charge in [0.2, 0.25) is 0 Å². The van der Waals surface area contributed by atoms with E-state index in [1.807, 2.05) is 19.9 Å². The van der Waals surface area contributed by atoms with Crippen LogP contribution in [0.25, 0.3) is 11.3 Å². The van der Waals surface area contributed by atoms with Crippen molar-refractivity contribution in [3.63, 3.8) is 0 Å². The first-order valence-electron chi connectivity index (χ1n) is 5.95. The van der Waals surface area contributed by atoms with E-state index in [0.717, 1.165) is 5.56 Å². The lowest BCUT2D eigenvalue weighted by atomic mass is 10.1. The zero-order valence-corrected chi connectivity index (χ0v) is 10.5. The monoisotopic (exact) mass is 245 g/mol. The summed E-state index contributed by atoms with van der Waals surface area (Å²) in [6, 6.07) is 5.49. The molecular formula is C14H16FN3. The molecule has 2 aromatic rings. The lowest BCUT2D eigenvalue weighted by molar-refractivity contribution is 0.553. The van der Waals surface area contributed by atoms with E-state index in [1.165, 1.54) is 6.07 Å². The first kappa shape index (κ1) is 12.6. The molecule has 0 radical (unpaired) electrons. The van der Waals surface area contributed by atoms with Gasteiger partial charge in [0.1, 0.15) is 5.82 Å². The van der Waals surface area contributed by atoms with Gasteiger partial charge in [-0.15, -0.1) is 0 Å². The lowest BCUT2D eigenvalue weighted by Crippen LogP contribution is -2.22. The molecule has 1 N–H and O–H groups in total. The number of rotatable bonds is 4. The first-order chi connectivity index (χ1) is 8.66. The smallest absolute Gasteiger partial charge is 0.128 e. The molecule has 0 aliphatic rings. The number of aromatic nitrogens is 2. The van der Waals surface area contributed by atoms with Crippen LogP contribution in [0.5, 0.6) is 0 Å². The van der Waals surface area contributed by atoms with E-state index >= 15 is 0 Å². The van der Waals surface area contributed by atoms with Gasteiger partial charge in [-0.3, -0.25) is 9.97 Å². The van der Waals surface area contributed by atoms with Gasteiger partial charge in [-0.1, -0.05) is 26.0 Å². The van der Waals surface area contributed by atoms with E-state index in [4.69, 9.17) is 0 Å². The zero-order chi connectivity index (χ0) is 13.0. The molecule has 18 heavy (non-hydrogen) atoms. The fourth-order valence-corrected chi connectivity index (χ4v) is 1.61. The quantitative estimate of drug-likeness (QED) is 0.900. The molecule has 0 atom stereocenters. The third-order valence-electron chi connectivity index (χ3n) is 2.61. The fraction of sp³-hybridized carbons (Fsp3) is 0.286. The SMILES string of the molecule is CC(C)NCc1ccc(-c2cnccn2)cc1F. The molecule has 94 valence electrons. The number of benzene rings is 1. The Morgan fingerprint density at radius 3 is 2.72 bits per heavy atom. The van der Waals surface area contributed by atoms with Crippen molar-refractivity contribution in [3.05, 3.63) is 48.2 Å². The minimum atomic E-state index is -0.216. The topological polar surface area (TPSA) is 37.8 Å². The Balaban J connectivity index is 2.20. The van der Waals surface area contributed by atoms with Gasteiger partial charge in [0.25, 0.3) is 0 Å². The maximum absolute atomic E-state index is 13.9. The van der Waals surface area contributed by atoms with Gasteiger partial charge < -0.3 is 5.32 Å². The summed E-state index contributed by atoms with van der Waals surface area (Å²) in [5, 5.41) is 3.19. The average Bonchev–Trinajstić information content (AvgIpc) is 2.38. The molecule has 0 spiro atoms. The second kappa shape index (κ2) is 5.69. The Bertz CT molecular complexity index is 512. The Morgan fingerprint density at radius 2 is 2.11 bits per heavy atom. The molecule has 0 fully saturated rings. The number of halogens is 1. The Morgan fingerprint density at radius 1 is 1.28 bits per heavy atom. The molecule has 0 saturated carbocycles. The molecular weight excluding hydrogens is 229 g/mol. The van der Waals surface area contributed by atoms with Crippen LogP contribution in [0, 0.1) is 5.82 Å². The van der Waals surface area contributed by atoms with Crippen LogP contribution >= 0.6 is 0 Å². The van der Waals surface area contributed by atoms with Crippen molar-refractivity contribution in [2.24, 2.45) is 0 Å². The number of hydrogen-bond acceptors (Lipinski definition) is 3. The number of nitrogens with one attached hydrogen (secondary N) is 1. The van der Waals surface area contributed by atoms with E-state index in [2.05, 4.69) is 15.3 Å². The number of hydrogen-bond donors (Lipinski definition) is 1. The lowest BCUT2D eigenvalue weighted by Gasteiger charge is -2.09. The van der Waals surface area contributed by atoms with E-state index in [0.29, 0.717) is 23.8 Å². The third-order valence-corrected chi connectivity index (χ3v) is 2.61. The Kier molecular flexibility index (Phi) is 3.99. The summed E-state index contributed by atoms with van der Waals surface area (Å²) in [5.41, 5.74) is 2.09. The van der Waals surface area contributed by atoms with Crippen LogP contribution in [0.4, 0.5) is 4.39 Å². The van der Waals surface area contributed by atoms with Crippen LogP contribution in [0.15, 0.2) is 36.8 Å². The Labute approximate surface area is 106 Å². The van der Waals surface area contributed by atoms with Gasteiger partial charge >= 0.3 is 0 Å². The molecule has 0 unspecified atom stereocenters. The molecule has 0 amide bonds. The van der Waals surface area contributed by atoms with E-state index in [-0.39, 0.29) is 5.82 Å². The minimum absolute atomic E-state index is 0.216. The highest BCUT2D eigenvalue weighted by molar-refractivity contribution is 5.58. The van der Waals surface area contributed by atoms with Crippen molar-refractivity contribution in [2.75, 3.05) is 0 Å². The molecule has 4 heteroatoms. The summed E-state index contributed by atoms with van der Waals surface area (Å²) in [5.74, 6) is -0.216. The summed E-state index contributed by atoms with van der Waals surface area (Å²) in [6.07, 6.45) is 4.82. The molecule has 1 heterocycles. The van der Waals surface area contributed by atoms with Crippen molar-refractivity contribution >= 4 is 0 Å². The van der Waals surface area contributed by atoms with Gasteiger partial charge in [-0.25, -0.2) is 4.39 Å². The highest BCUT2D eigenvalue weighted by Crippen LogP contribution is 2.19. The van der Waals surface area contributed by atoms with Gasteiger partial charge in [0, 0.05) is 36.1 Å². The summed E-state index contributed by atoms with van der Waals surface area (Å²) in [4.78, 5) is 8.12. The molecule has 3 nitrogen and oxygen atoms in total. The molecule has 1 aromatic carbocycles. The standard InChI is InChI=1S/C14H16FN3/c1-10(2)18-8-12-4-3-11(7-13(12)15)14-9-16-5-6-17-14/h3-7,9-10,18H,8H2,1-2H3. The fourth-order valence-electron chi connectivity index (χ4n) is 1.61. The molecule has 0 aliphatic heterocycles. The van der Waals surface area contributed by atoms with Gasteiger partial charge in [-0.2, -0.15) is 0 Å². The van der Waals surface area contributed by atoms with Crippen molar-refractivity contribution in [3.8, 4) is 11.3 Å². The van der Waals surface area contributed by atoms with E-state index in [9.17, 15) is 4.39 Å². The predicted molar refractivity (Wildman–Crippen MR) is 69.4 cm³/mol. The summed E-state index contributed by atoms with van der Waals surface area (Å²) < 4.78 is 13.9. The normalized spacial score (nSPS) is 10.9. The maximum Gasteiger partial charge on any atom is 0.128 e. The van der Waals surface area contributed by atoms with Crippen LogP contribution in [-0.4, -0.2) is 16.0 Å². The van der Waals surface area contributed by atoms with Gasteiger partial charge in [0.05, 0.1) is 11.9 Å². The van der Waals surface area contributed by atoms with Crippen molar-refractivity contribution in [2.45, 2.75) is 26.4 Å². The Hall–Kier alpha value is -1.81. The number of nitrogens with zero attached hydrogens (tertiary/aromatic N) is 2. The van der Waals surface area contributed by atoms with Crippen LogP contribution < -0.4 is 5.32 Å². The minimum Gasteiger partial charge on any atom is -0.310 e. The van der Waals surface area contributed by atoms with Crippen LogP contribution in [0.2, 0.25) is 0 Å². The third kappa shape index (κ3) is 3.11. The summed E-state index contributed by atoms with van der Waals surface area (Å²) in [6.45, 7) is 4.60. The zero-order valence-electron chi connectivity index (χ0n) is 10.5. The van der Waals surface area contributed by atoms with E-state index in [1.54, 1.807) is 24.7 Å². The van der Waals surface area contributed by atoms with Crippen LogP contribution in [-0.2, 0) is 6.54 Å². The van der Waals surface area contributed by atoms with Crippen molar-refractivity contribution in [1.29, 1.82) is 0 Å². The van der Waals surface area contributed by atoms with Crippen molar-refractivity contribution in [1.82, 2.24) is 15.3 Å². The highest BCUT2D eigenvalue weighted by atomic mass is 19.1. The molecule has 0 aliphatic carbocycles. The second-order valence-electron chi connectivity index (χ2n) is 4.43. The van der Waals surface area contributed by atoms with Gasteiger partial charge in [-0.05, 0) is 6.07 Å². The molecule has 2 rings (SSSR count). The summed E-state index contributed by atoms with van der Waals surface area (Å²) in [7, 11) is 0. The van der Waals surface area contributed by atoms with Gasteiger partial charge in [0.15, 0.2) is 0 Å². The second-order valence-corrected chi connectivity index (χ2v) is 4.43. The molecule has 0 saturated heterocycles.